The van der Waals surface area contributed by atoms with E-state index in [0.29, 0.717) is 11.4 Å². The first-order chi connectivity index (χ1) is 5.33. The monoisotopic (exact) mass is 143 g/mol. The van der Waals surface area contributed by atoms with Gasteiger partial charge in [-0.2, -0.15) is 5.26 Å². The Morgan fingerprint density at radius 2 is 2.27 bits per heavy atom. The van der Waals surface area contributed by atoms with Crippen LogP contribution in [0.3, 0.4) is 0 Å². The molecule has 0 aliphatic rings. The summed E-state index contributed by atoms with van der Waals surface area (Å²) in [5.74, 6) is 4.78. The molecule has 0 saturated heterocycles. The van der Waals surface area contributed by atoms with Crippen LogP contribution in [0.15, 0.2) is 18.3 Å². The van der Waals surface area contributed by atoms with Gasteiger partial charge in [-0.15, -0.1) is 0 Å². The molecule has 0 bridgehead atoms. The van der Waals surface area contributed by atoms with Gasteiger partial charge in [-0.05, 0) is 18.1 Å². The molecule has 0 aliphatic carbocycles. The summed E-state index contributed by atoms with van der Waals surface area (Å²) >= 11 is 0. The average Bonchev–Trinajstić information content (AvgIpc) is 2.04. The Bertz CT molecular complexity index is 334. The lowest BCUT2D eigenvalue weighted by atomic mass is 10.3. The highest BCUT2D eigenvalue weighted by atomic mass is 14.7. The molecule has 52 valence electrons. The maximum atomic E-state index is 8.11. The molecule has 0 spiro atoms. The van der Waals surface area contributed by atoms with E-state index < -0.39 is 0 Å². The summed E-state index contributed by atoms with van der Waals surface area (Å²) in [6, 6.07) is 5.05. The standard InChI is InChI=1S/C8H5N3/c9-5-1-2-8-4-3-7(10)6-11-8/h3-4,6H,10H2. The van der Waals surface area contributed by atoms with Gasteiger partial charge in [0.1, 0.15) is 5.69 Å². The van der Waals surface area contributed by atoms with E-state index in [1.165, 1.54) is 6.20 Å². The van der Waals surface area contributed by atoms with Crippen molar-refractivity contribution in [2.45, 2.75) is 0 Å². The van der Waals surface area contributed by atoms with Crippen molar-refractivity contribution in [2.75, 3.05) is 5.73 Å². The van der Waals surface area contributed by atoms with Crippen LogP contribution in [-0.2, 0) is 0 Å². The zero-order valence-corrected chi connectivity index (χ0v) is 5.70. The van der Waals surface area contributed by atoms with Gasteiger partial charge in [-0.25, -0.2) is 4.98 Å². The van der Waals surface area contributed by atoms with Gasteiger partial charge in [0, 0.05) is 5.92 Å². The van der Waals surface area contributed by atoms with E-state index in [-0.39, 0.29) is 0 Å². The molecule has 0 saturated carbocycles. The number of hydrogen-bond acceptors (Lipinski definition) is 3. The summed E-state index contributed by atoms with van der Waals surface area (Å²) in [6.45, 7) is 0. The summed E-state index contributed by atoms with van der Waals surface area (Å²) < 4.78 is 0. The molecule has 1 heterocycles. The van der Waals surface area contributed by atoms with Crippen molar-refractivity contribution in [3.63, 3.8) is 0 Å². The first-order valence-corrected chi connectivity index (χ1v) is 2.94. The molecule has 0 aliphatic heterocycles. The first kappa shape index (κ1) is 7.11. The lowest BCUT2D eigenvalue weighted by Gasteiger charge is -1.89. The lowest BCUT2D eigenvalue weighted by Crippen LogP contribution is -1.87. The smallest absolute Gasteiger partial charge is 0.152 e. The number of rotatable bonds is 0. The Hall–Kier alpha value is -2.00. The molecule has 3 nitrogen and oxygen atoms in total. The third-order valence-corrected chi connectivity index (χ3v) is 1.03. The average molecular weight is 143 g/mol. The van der Waals surface area contributed by atoms with E-state index in [4.69, 9.17) is 11.0 Å². The van der Waals surface area contributed by atoms with E-state index in [1.54, 1.807) is 18.2 Å². The number of nitriles is 1. The minimum absolute atomic E-state index is 0.556. The van der Waals surface area contributed by atoms with Crippen LogP contribution in [0.5, 0.6) is 0 Å². The Kier molecular flexibility index (Phi) is 2.09. The van der Waals surface area contributed by atoms with Gasteiger partial charge in [-0.3, -0.25) is 0 Å². The molecule has 0 radical (unpaired) electrons. The van der Waals surface area contributed by atoms with Crippen molar-refractivity contribution in [1.29, 1.82) is 5.26 Å². The van der Waals surface area contributed by atoms with Crippen LogP contribution < -0.4 is 5.73 Å². The van der Waals surface area contributed by atoms with Crippen LogP contribution in [-0.4, -0.2) is 4.98 Å². The molecule has 0 fully saturated rings. The quantitative estimate of drug-likeness (QED) is 0.539. The number of hydrogen-bond donors (Lipinski definition) is 1. The second-order valence-electron chi connectivity index (χ2n) is 1.84. The highest BCUT2D eigenvalue weighted by molar-refractivity contribution is 5.40. The van der Waals surface area contributed by atoms with E-state index in [2.05, 4.69) is 16.8 Å². The maximum absolute atomic E-state index is 8.11. The molecule has 0 atom stereocenters. The Balaban J connectivity index is 2.93. The van der Waals surface area contributed by atoms with Gasteiger partial charge in [0.2, 0.25) is 0 Å². The normalized spacial score (nSPS) is 7.55. The number of anilines is 1. The predicted octanol–water partition coefficient (Wildman–Crippen LogP) is 0.539. The molecule has 1 aromatic heterocycles. The summed E-state index contributed by atoms with van der Waals surface area (Å²) in [5, 5.41) is 8.11. The van der Waals surface area contributed by atoms with Gasteiger partial charge in [0.05, 0.1) is 11.9 Å². The Labute approximate surface area is 64.5 Å². The zero-order valence-electron chi connectivity index (χ0n) is 5.70. The Morgan fingerprint density at radius 1 is 1.45 bits per heavy atom. The van der Waals surface area contributed by atoms with Crippen molar-refractivity contribution in [2.24, 2.45) is 0 Å². The van der Waals surface area contributed by atoms with Crippen LogP contribution in [0.4, 0.5) is 5.69 Å². The van der Waals surface area contributed by atoms with Gasteiger partial charge in [0.15, 0.2) is 6.07 Å². The van der Waals surface area contributed by atoms with Crippen molar-refractivity contribution in [3.05, 3.63) is 24.0 Å². The van der Waals surface area contributed by atoms with Crippen LogP contribution >= 0.6 is 0 Å². The largest absolute Gasteiger partial charge is 0.397 e. The fourth-order valence-corrected chi connectivity index (χ4v) is 0.571. The second kappa shape index (κ2) is 3.24. The molecule has 0 unspecified atom stereocenters. The third-order valence-electron chi connectivity index (χ3n) is 1.03. The fraction of sp³-hybridized carbons (Fsp3) is 0. The van der Waals surface area contributed by atoms with Gasteiger partial charge in [0.25, 0.3) is 0 Å². The van der Waals surface area contributed by atoms with Crippen molar-refractivity contribution >= 4 is 5.69 Å². The molecule has 1 aromatic rings. The SMILES string of the molecule is N#CC#Cc1ccc(N)cn1. The zero-order chi connectivity index (χ0) is 8.10. The summed E-state index contributed by atoms with van der Waals surface area (Å²) in [6.07, 6.45) is 1.50. The number of nitrogens with zero attached hydrogens (tertiary/aromatic N) is 2. The molecule has 3 heteroatoms. The van der Waals surface area contributed by atoms with Gasteiger partial charge in [-0.1, -0.05) is 0 Å². The van der Waals surface area contributed by atoms with Crippen LogP contribution in [0.2, 0.25) is 0 Å². The molecule has 0 aromatic carbocycles. The lowest BCUT2D eigenvalue weighted by molar-refractivity contribution is 1.29. The molecule has 2 N–H and O–H groups in total. The van der Waals surface area contributed by atoms with E-state index in [9.17, 15) is 0 Å². The van der Waals surface area contributed by atoms with E-state index in [0.717, 1.165) is 0 Å². The maximum Gasteiger partial charge on any atom is 0.152 e. The molecular weight excluding hydrogens is 138 g/mol. The minimum atomic E-state index is 0.556. The number of pyridine rings is 1. The molecule has 11 heavy (non-hydrogen) atoms. The first-order valence-electron chi connectivity index (χ1n) is 2.94. The predicted molar refractivity (Wildman–Crippen MR) is 41.1 cm³/mol. The summed E-state index contributed by atoms with van der Waals surface area (Å²) in [4.78, 5) is 3.87. The minimum Gasteiger partial charge on any atom is -0.397 e. The molecule has 1 rings (SSSR count). The molecule has 0 amide bonds. The highest BCUT2D eigenvalue weighted by Gasteiger charge is 1.86. The summed E-state index contributed by atoms with van der Waals surface area (Å²) in [7, 11) is 0. The third kappa shape index (κ3) is 2.00. The number of nitrogen functional groups attached to an aromatic ring is 1. The van der Waals surface area contributed by atoms with Gasteiger partial charge >= 0.3 is 0 Å². The Morgan fingerprint density at radius 3 is 2.82 bits per heavy atom. The second-order valence-corrected chi connectivity index (χ2v) is 1.84. The number of nitrogens with two attached hydrogens (primary N) is 1. The van der Waals surface area contributed by atoms with Gasteiger partial charge < -0.3 is 5.73 Å². The van der Waals surface area contributed by atoms with Crippen LogP contribution in [0.1, 0.15) is 5.69 Å². The number of aromatic nitrogens is 1. The van der Waals surface area contributed by atoms with Crippen LogP contribution in [0.25, 0.3) is 0 Å². The van der Waals surface area contributed by atoms with Crippen molar-refractivity contribution in [3.8, 4) is 17.9 Å². The highest BCUT2D eigenvalue weighted by Crippen LogP contribution is 1.98. The topological polar surface area (TPSA) is 62.7 Å². The summed E-state index contributed by atoms with van der Waals surface area (Å²) in [5.41, 5.74) is 6.53. The van der Waals surface area contributed by atoms with Crippen molar-refractivity contribution < 1.29 is 0 Å². The van der Waals surface area contributed by atoms with E-state index >= 15 is 0 Å². The van der Waals surface area contributed by atoms with E-state index in [1.807, 2.05) is 0 Å². The molecular formula is C8H5N3. The fourth-order valence-electron chi connectivity index (χ4n) is 0.571. The van der Waals surface area contributed by atoms with Crippen LogP contribution in [0, 0.1) is 23.2 Å². The van der Waals surface area contributed by atoms with Crippen molar-refractivity contribution in [1.82, 2.24) is 4.98 Å².